The first-order chi connectivity index (χ1) is 18.4. The molecule has 4 nitrogen and oxygen atoms in total. The van der Waals surface area contributed by atoms with Crippen LogP contribution < -0.4 is 0 Å². The van der Waals surface area contributed by atoms with Gasteiger partial charge in [0.2, 0.25) is 0 Å². The Morgan fingerprint density at radius 2 is 0.667 bits per heavy atom. The van der Waals surface area contributed by atoms with Gasteiger partial charge in [-0.15, -0.1) is 0 Å². The van der Waals surface area contributed by atoms with E-state index in [1.54, 1.807) is 0 Å². The Bertz CT molecular complexity index is 1220. The van der Waals surface area contributed by atoms with Gasteiger partial charge in [0.25, 0.3) is 0 Å². The molecule has 4 aromatic rings. The standard InChI is InChI=1S/C35H38O4/c1-23-7-15-27(16-8-23)34(36,28-17-9-24(2)10-18-28)31-32(39-33(5,6)38-31)35(37,29-19-11-25(3)12-20-29)30-21-13-26(4)14-22-30/h7-22,31-32,36-37H,1-6H3/t31-,32-/m1/s1. The highest BCUT2D eigenvalue weighted by Gasteiger charge is 2.61. The van der Waals surface area contributed by atoms with Gasteiger partial charge in [-0.05, 0) is 63.8 Å². The van der Waals surface area contributed by atoms with E-state index < -0.39 is 29.2 Å². The maximum Gasteiger partial charge on any atom is 0.164 e. The van der Waals surface area contributed by atoms with Gasteiger partial charge < -0.3 is 19.7 Å². The molecule has 0 unspecified atom stereocenters. The molecule has 0 saturated carbocycles. The lowest BCUT2D eigenvalue weighted by molar-refractivity contribution is -0.172. The fourth-order valence-electron chi connectivity index (χ4n) is 5.59. The number of ether oxygens (including phenoxy) is 2. The molecule has 0 aliphatic carbocycles. The lowest BCUT2D eigenvalue weighted by atomic mass is 9.71. The van der Waals surface area contributed by atoms with Crippen LogP contribution in [0.2, 0.25) is 0 Å². The molecule has 0 radical (unpaired) electrons. The van der Waals surface area contributed by atoms with Crippen molar-refractivity contribution in [1.82, 2.24) is 0 Å². The van der Waals surface area contributed by atoms with E-state index in [1.165, 1.54) is 0 Å². The van der Waals surface area contributed by atoms with Crippen LogP contribution in [0.3, 0.4) is 0 Å². The van der Waals surface area contributed by atoms with Crippen LogP contribution in [0, 0.1) is 27.7 Å². The van der Waals surface area contributed by atoms with Gasteiger partial charge in [-0.3, -0.25) is 0 Å². The Labute approximate surface area is 231 Å². The van der Waals surface area contributed by atoms with Crippen molar-refractivity contribution in [2.75, 3.05) is 0 Å². The van der Waals surface area contributed by atoms with Crippen molar-refractivity contribution in [2.24, 2.45) is 0 Å². The van der Waals surface area contributed by atoms with Gasteiger partial charge in [-0.25, -0.2) is 0 Å². The molecule has 1 saturated heterocycles. The Kier molecular flexibility index (Phi) is 7.02. The third-order valence-electron chi connectivity index (χ3n) is 7.89. The average Bonchev–Trinajstić information content (AvgIpc) is 3.25. The van der Waals surface area contributed by atoms with Gasteiger partial charge in [-0.1, -0.05) is 119 Å². The average molecular weight is 523 g/mol. The van der Waals surface area contributed by atoms with Crippen molar-refractivity contribution < 1.29 is 19.7 Å². The molecule has 5 rings (SSSR count). The predicted octanol–water partition coefficient (Wildman–Crippen LogP) is 6.61. The highest BCUT2D eigenvalue weighted by Crippen LogP contribution is 2.50. The van der Waals surface area contributed by atoms with Crippen LogP contribution in [-0.2, 0) is 20.7 Å². The van der Waals surface area contributed by atoms with E-state index in [4.69, 9.17) is 9.47 Å². The maximum absolute atomic E-state index is 12.9. The molecule has 0 bridgehead atoms. The molecule has 4 aromatic carbocycles. The Morgan fingerprint density at radius 1 is 0.462 bits per heavy atom. The summed E-state index contributed by atoms with van der Waals surface area (Å²) in [6, 6.07) is 31.3. The fourth-order valence-corrected chi connectivity index (χ4v) is 5.59. The van der Waals surface area contributed by atoms with Gasteiger partial charge >= 0.3 is 0 Å². The second-order valence-corrected chi connectivity index (χ2v) is 11.5. The molecule has 0 aromatic heterocycles. The van der Waals surface area contributed by atoms with Crippen molar-refractivity contribution in [3.8, 4) is 0 Å². The quantitative estimate of drug-likeness (QED) is 0.299. The summed E-state index contributed by atoms with van der Waals surface area (Å²) in [6.07, 6.45) is -1.91. The van der Waals surface area contributed by atoms with Gasteiger partial charge in [-0.2, -0.15) is 0 Å². The fraction of sp³-hybridized carbons (Fsp3) is 0.314. The molecular weight excluding hydrogens is 484 g/mol. The minimum absolute atomic E-state index is 0.670. The zero-order valence-electron chi connectivity index (χ0n) is 23.6. The Morgan fingerprint density at radius 3 is 0.872 bits per heavy atom. The van der Waals surface area contributed by atoms with Crippen molar-refractivity contribution in [3.63, 3.8) is 0 Å². The Hall–Kier alpha value is -3.28. The molecule has 2 N–H and O–H groups in total. The summed E-state index contributed by atoms with van der Waals surface area (Å²) in [5.74, 6) is -1.07. The molecular formula is C35H38O4. The van der Waals surface area contributed by atoms with Crippen LogP contribution in [0.25, 0.3) is 0 Å². The molecule has 2 atom stereocenters. The first-order valence-corrected chi connectivity index (χ1v) is 13.5. The summed E-state index contributed by atoms with van der Waals surface area (Å²) < 4.78 is 13.2. The third-order valence-corrected chi connectivity index (χ3v) is 7.89. The lowest BCUT2D eigenvalue weighted by Gasteiger charge is -2.42. The number of hydrogen-bond donors (Lipinski definition) is 2. The van der Waals surface area contributed by atoms with Crippen molar-refractivity contribution in [2.45, 2.75) is 70.7 Å². The first-order valence-electron chi connectivity index (χ1n) is 13.5. The summed E-state index contributed by atoms with van der Waals surface area (Å²) in [5, 5.41) is 25.7. The van der Waals surface area contributed by atoms with Gasteiger partial charge in [0.05, 0.1) is 0 Å². The second-order valence-electron chi connectivity index (χ2n) is 11.5. The smallest absolute Gasteiger partial charge is 0.164 e. The topological polar surface area (TPSA) is 58.9 Å². The van der Waals surface area contributed by atoms with Crippen LogP contribution in [0.4, 0.5) is 0 Å². The SMILES string of the molecule is Cc1ccc(C(O)(c2ccc(C)cc2)[C@@H]2OC(C)(C)O[C@H]2C(O)(c2ccc(C)cc2)c2ccc(C)cc2)cc1. The normalized spacial score (nSPS) is 19.3. The molecule has 1 aliphatic rings. The highest BCUT2D eigenvalue weighted by molar-refractivity contribution is 5.45. The summed E-state index contributed by atoms with van der Waals surface area (Å²) in [5.41, 5.74) is 3.77. The number of rotatable bonds is 6. The molecule has 1 aliphatic heterocycles. The van der Waals surface area contributed by atoms with E-state index in [0.717, 1.165) is 22.3 Å². The van der Waals surface area contributed by atoms with Crippen LogP contribution in [0.5, 0.6) is 0 Å². The van der Waals surface area contributed by atoms with E-state index in [2.05, 4.69) is 0 Å². The third kappa shape index (κ3) is 4.94. The predicted molar refractivity (Wildman–Crippen MR) is 155 cm³/mol. The minimum Gasteiger partial charge on any atom is -0.378 e. The van der Waals surface area contributed by atoms with E-state index in [9.17, 15) is 10.2 Å². The Balaban J connectivity index is 1.77. The summed E-state index contributed by atoms with van der Waals surface area (Å²) in [6.45, 7) is 11.7. The van der Waals surface area contributed by atoms with Gasteiger partial charge in [0, 0.05) is 0 Å². The lowest BCUT2D eigenvalue weighted by Crippen LogP contribution is -2.55. The number of aryl methyl sites for hydroxylation is 4. The van der Waals surface area contributed by atoms with E-state index in [0.29, 0.717) is 22.3 Å². The number of benzene rings is 4. The second kappa shape index (κ2) is 10.0. The molecule has 1 heterocycles. The minimum atomic E-state index is -1.62. The molecule has 202 valence electrons. The molecule has 39 heavy (non-hydrogen) atoms. The number of aliphatic hydroxyl groups is 2. The van der Waals surface area contributed by atoms with Crippen LogP contribution in [0.15, 0.2) is 97.1 Å². The summed E-state index contributed by atoms with van der Waals surface area (Å²) in [7, 11) is 0. The van der Waals surface area contributed by atoms with Crippen LogP contribution in [0.1, 0.15) is 58.4 Å². The zero-order valence-corrected chi connectivity index (χ0v) is 23.6. The molecule has 1 fully saturated rings. The van der Waals surface area contributed by atoms with Crippen molar-refractivity contribution in [3.05, 3.63) is 142 Å². The van der Waals surface area contributed by atoms with Crippen molar-refractivity contribution >= 4 is 0 Å². The van der Waals surface area contributed by atoms with Crippen LogP contribution in [-0.4, -0.2) is 28.2 Å². The van der Waals surface area contributed by atoms with E-state index in [-0.39, 0.29) is 0 Å². The summed E-state index contributed by atoms with van der Waals surface area (Å²) >= 11 is 0. The number of hydrogen-bond acceptors (Lipinski definition) is 4. The molecule has 4 heteroatoms. The first kappa shape index (κ1) is 27.3. The molecule has 0 amide bonds. The maximum atomic E-state index is 12.9. The summed E-state index contributed by atoms with van der Waals surface area (Å²) in [4.78, 5) is 0. The van der Waals surface area contributed by atoms with E-state index >= 15 is 0 Å². The van der Waals surface area contributed by atoms with Crippen molar-refractivity contribution in [1.29, 1.82) is 0 Å². The van der Waals surface area contributed by atoms with Gasteiger partial charge in [0.15, 0.2) is 5.79 Å². The molecule has 0 spiro atoms. The van der Waals surface area contributed by atoms with E-state index in [1.807, 2.05) is 139 Å². The van der Waals surface area contributed by atoms with Crippen LogP contribution >= 0.6 is 0 Å². The highest BCUT2D eigenvalue weighted by atomic mass is 16.8. The van der Waals surface area contributed by atoms with Gasteiger partial charge in [0.1, 0.15) is 23.4 Å². The largest absolute Gasteiger partial charge is 0.378 e. The monoisotopic (exact) mass is 522 g/mol. The zero-order chi connectivity index (χ0) is 28.0.